The van der Waals surface area contributed by atoms with Gasteiger partial charge in [0.2, 0.25) is 15.9 Å². The summed E-state index contributed by atoms with van der Waals surface area (Å²) in [5.41, 5.74) is 0.853. The molecule has 0 spiro atoms. The first kappa shape index (κ1) is 22.2. The summed E-state index contributed by atoms with van der Waals surface area (Å²) in [5.74, 6) is -1.11. The number of halogens is 2. The standard InChI is InChI=1S/C18H18BrClN2O5S/c1-3-27-18(24)12-4-9-16(15(20)10-12)21-17(23)11-22(28(2,25)26)14-7-5-13(19)6-8-14/h4-10H,3,11H2,1-2H3,(H,21,23). The van der Waals surface area contributed by atoms with E-state index in [1.165, 1.54) is 18.2 Å². The van der Waals surface area contributed by atoms with Gasteiger partial charge in [0, 0.05) is 4.47 Å². The molecule has 0 aliphatic heterocycles. The third-order valence-corrected chi connectivity index (χ3v) is 5.54. The number of amides is 1. The van der Waals surface area contributed by atoms with Crippen LogP contribution in [-0.4, -0.2) is 39.7 Å². The van der Waals surface area contributed by atoms with Crippen molar-refractivity contribution in [2.24, 2.45) is 0 Å². The summed E-state index contributed by atoms with van der Waals surface area (Å²) in [6, 6.07) is 10.8. The largest absolute Gasteiger partial charge is 0.462 e. The highest BCUT2D eigenvalue weighted by atomic mass is 79.9. The van der Waals surface area contributed by atoms with Gasteiger partial charge in [-0.15, -0.1) is 0 Å². The average Bonchev–Trinajstić information content (AvgIpc) is 2.61. The van der Waals surface area contributed by atoms with Crippen LogP contribution < -0.4 is 9.62 Å². The van der Waals surface area contributed by atoms with Gasteiger partial charge in [0.1, 0.15) is 6.54 Å². The fraction of sp³-hybridized carbons (Fsp3) is 0.222. The zero-order valence-electron chi connectivity index (χ0n) is 15.1. The number of ether oxygens (including phenoxy) is 1. The number of benzene rings is 2. The number of hydrogen-bond acceptors (Lipinski definition) is 5. The molecular formula is C18H18BrClN2O5S. The van der Waals surface area contributed by atoms with Crippen molar-refractivity contribution in [3.8, 4) is 0 Å². The lowest BCUT2D eigenvalue weighted by Crippen LogP contribution is -2.37. The Morgan fingerprint density at radius 1 is 1.18 bits per heavy atom. The Kier molecular flexibility index (Phi) is 7.45. The molecule has 10 heteroatoms. The van der Waals surface area contributed by atoms with Crippen LogP contribution in [0.15, 0.2) is 46.9 Å². The van der Waals surface area contributed by atoms with Crippen LogP contribution in [0.1, 0.15) is 17.3 Å². The molecule has 1 amide bonds. The predicted molar refractivity (Wildman–Crippen MR) is 112 cm³/mol. The minimum Gasteiger partial charge on any atom is -0.462 e. The van der Waals surface area contributed by atoms with E-state index in [9.17, 15) is 18.0 Å². The predicted octanol–water partition coefficient (Wildman–Crippen LogP) is 3.68. The van der Waals surface area contributed by atoms with Gasteiger partial charge >= 0.3 is 5.97 Å². The van der Waals surface area contributed by atoms with Crippen molar-refractivity contribution in [2.75, 3.05) is 29.0 Å². The molecule has 0 heterocycles. The second kappa shape index (κ2) is 9.40. The molecule has 0 fully saturated rings. The molecule has 0 radical (unpaired) electrons. The summed E-state index contributed by atoms with van der Waals surface area (Å²) in [5, 5.41) is 2.69. The van der Waals surface area contributed by atoms with Gasteiger partial charge in [0.15, 0.2) is 0 Å². The molecule has 2 aromatic carbocycles. The highest BCUT2D eigenvalue weighted by molar-refractivity contribution is 9.10. The van der Waals surface area contributed by atoms with Gasteiger partial charge in [-0.3, -0.25) is 9.10 Å². The quantitative estimate of drug-likeness (QED) is 0.599. The lowest BCUT2D eigenvalue weighted by atomic mass is 10.2. The Morgan fingerprint density at radius 2 is 1.82 bits per heavy atom. The molecule has 0 saturated carbocycles. The smallest absolute Gasteiger partial charge is 0.338 e. The van der Waals surface area contributed by atoms with Crippen LogP contribution >= 0.6 is 27.5 Å². The van der Waals surface area contributed by atoms with Crippen molar-refractivity contribution in [1.82, 2.24) is 0 Å². The van der Waals surface area contributed by atoms with Gasteiger partial charge in [-0.1, -0.05) is 27.5 Å². The van der Waals surface area contributed by atoms with Crippen LogP contribution in [0.2, 0.25) is 5.02 Å². The SMILES string of the molecule is CCOC(=O)c1ccc(NC(=O)CN(c2ccc(Br)cc2)S(C)(=O)=O)c(Cl)c1. The molecule has 0 unspecified atom stereocenters. The number of carbonyl (C=O) groups excluding carboxylic acids is 2. The first-order valence-corrected chi connectivity index (χ1v) is 11.1. The van der Waals surface area contributed by atoms with E-state index in [2.05, 4.69) is 21.2 Å². The van der Waals surface area contributed by atoms with E-state index in [1.54, 1.807) is 31.2 Å². The number of carbonyl (C=O) groups is 2. The van der Waals surface area contributed by atoms with Crippen molar-refractivity contribution in [3.05, 3.63) is 57.5 Å². The normalized spacial score (nSPS) is 11.0. The Labute approximate surface area is 176 Å². The molecule has 0 saturated heterocycles. The van der Waals surface area contributed by atoms with Crippen LogP contribution in [0.5, 0.6) is 0 Å². The van der Waals surface area contributed by atoms with Crippen molar-refractivity contribution < 1.29 is 22.7 Å². The average molecular weight is 490 g/mol. The van der Waals surface area contributed by atoms with Gasteiger partial charge in [0.25, 0.3) is 0 Å². The van der Waals surface area contributed by atoms with Crippen molar-refractivity contribution in [2.45, 2.75) is 6.92 Å². The number of anilines is 2. The van der Waals surface area contributed by atoms with Crippen LogP contribution in [0.3, 0.4) is 0 Å². The number of rotatable bonds is 7. The molecule has 2 rings (SSSR count). The monoisotopic (exact) mass is 488 g/mol. The molecule has 0 aliphatic rings. The maximum absolute atomic E-state index is 12.4. The summed E-state index contributed by atoms with van der Waals surface area (Å²) < 4.78 is 30.9. The second-order valence-electron chi connectivity index (χ2n) is 5.71. The lowest BCUT2D eigenvalue weighted by Gasteiger charge is -2.22. The minimum atomic E-state index is -3.69. The molecule has 150 valence electrons. The number of hydrogen-bond donors (Lipinski definition) is 1. The Hall–Kier alpha value is -2.10. The number of esters is 1. The summed E-state index contributed by atoms with van der Waals surface area (Å²) in [6.45, 7) is 1.48. The van der Waals surface area contributed by atoms with Crippen molar-refractivity contribution >= 4 is 60.8 Å². The third kappa shape index (κ3) is 5.95. The topological polar surface area (TPSA) is 92.8 Å². The first-order valence-electron chi connectivity index (χ1n) is 8.11. The fourth-order valence-corrected chi connectivity index (χ4v) is 3.63. The molecule has 2 aromatic rings. The maximum atomic E-state index is 12.4. The van der Waals surface area contributed by atoms with E-state index in [4.69, 9.17) is 16.3 Å². The highest BCUT2D eigenvalue weighted by Crippen LogP contribution is 2.24. The maximum Gasteiger partial charge on any atom is 0.338 e. The second-order valence-corrected chi connectivity index (χ2v) is 8.94. The first-order chi connectivity index (χ1) is 13.1. The van der Waals surface area contributed by atoms with Crippen LogP contribution in [0.25, 0.3) is 0 Å². The zero-order valence-corrected chi connectivity index (χ0v) is 18.3. The molecule has 0 aliphatic carbocycles. The summed E-state index contributed by atoms with van der Waals surface area (Å²) in [7, 11) is -3.69. The molecular weight excluding hydrogens is 472 g/mol. The van der Waals surface area contributed by atoms with Crippen molar-refractivity contribution in [1.29, 1.82) is 0 Å². The van der Waals surface area contributed by atoms with E-state index >= 15 is 0 Å². The molecule has 28 heavy (non-hydrogen) atoms. The third-order valence-electron chi connectivity index (χ3n) is 3.56. The van der Waals surface area contributed by atoms with Crippen LogP contribution in [-0.2, 0) is 19.6 Å². The van der Waals surface area contributed by atoms with E-state index < -0.39 is 28.4 Å². The number of nitrogens with zero attached hydrogens (tertiary/aromatic N) is 1. The van der Waals surface area contributed by atoms with Gasteiger partial charge < -0.3 is 10.1 Å². The Morgan fingerprint density at radius 3 is 2.36 bits per heavy atom. The molecule has 0 aromatic heterocycles. The van der Waals surface area contributed by atoms with Gasteiger partial charge in [-0.25, -0.2) is 13.2 Å². The molecule has 7 nitrogen and oxygen atoms in total. The number of nitrogens with one attached hydrogen (secondary N) is 1. The van der Waals surface area contributed by atoms with E-state index in [1.807, 2.05) is 0 Å². The fourth-order valence-electron chi connectivity index (χ4n) is 2.29. The van der Waals surface area contributed by atoms with Gasteiger partial charge in [0.05, 0.1) is 34.8 Å². The summed E-state index contributed by atoms with van der Waals surface area (Å²) in [4.78, 5) is 24.1. The number of sulfonamides is 1. The highest BCUT2D eigenvalue weighted by Gasteiger charge is 2.21. The minimum absolute atomic E-state index is 0.133. The van der Waals surface area contributed by atoms with Gasteiger partial charge in [-0.2, -0.15) is 0 Å². The van der Waals surface area contributed by atoms with E-state index in [-0.39, 0.29) is 22.9 Å². The van der Waals surface area contributed by atoms with Crippen LogP contribution in [0, 0.1) is 0 Å². The van der Waals surface area contributed by atoms with Crippen molar-refractivity contribution in [3.63, 3.8) is 0 Å². The lowest BCUT2D eigenvalue weighted by molar-refractivity contribution is -0.114. The zero-order chi connectivity index (χ0) is 20.9. The summed E-state index contributed by atoms with van der Waals surface area (Å²) >= 11 is 9.40. The molecule has 1 N–H and O–H groups in total. The Balaban J connectivity index is 2.17. The molecule has 0 atom stereocenters. The van der Waals surface area contributed by atoms with E-state index in [0.29, 0.717) is 5.69 Å². The molecule has 0 bridgehead atoms. The van der Waals surface area contributed by atoms with E-state index in [0.717, 1.165) is 15.0 Å². The van der Waals surface area contributed by atoms with Crippen LogP contribution in [0.4, 0.5) is 11.4 Å². The summed E-state index contributed by atoms with van der Waals surface area (Å²) in [6.07, 6.45) is 1.02. The van der Waals surface area contributed by atoms with Gasteiger partial charge in [-0.05, 0) is 49.4 Å². The Bertz CT molecular complexity index is 980.